The van der Waals surface area contributed by atoms with Gasteiger partial charge in [-0.1, -0.05) is 18.2 Å². The molecule has 3 nitrogen and oxygen atoms in total. The molecule has 16 heavy (non-hydrogen) atoms. The molecule has 1 aromatic heterocycles. The smallest absolute Gasteiger partial charge is 0.223 e. The molecule has 0 amide bonds. The first-order valence-corrected chi connectivity index (χ1v) is 5.87. The maximum atomic E-state index is 5.68. The van der Waals surface area contributed by atoms with Gasteiger partial charge in [0.1, 0.15) is 0 Å². The summed E-state index contributed by atoms with van der Waals surface area (Å²) in [7, 11) is 0. The Balaban J connectivity index is 2.19. The van der Waals surface area contributed by atoms with E-state index < -0.39 is 0 Å². The summed E-state index contributed by atoms with van der Waals surface area (Å²) in [5, 5.41) is 4.28. The first-order valence-electron chi connectivity index (χ1n) is 5.34. The molecular formula is C12H14ClN3. The summed E-state index contributed by atoms with van der Waals surface area (Å²) in [5.74, 6) is 1.30. The van der Waals surface area contributed by atoms with Crippen LogP contribution in [-0.2, 0) is 0 Å². The van der Waals surface area contributed by atoms with Gasteiger partial charge in [-0.3, -0.25) is 0 Å². The molecule has 0 aliphatic heterocycles. The Labute approximate surface area is 99.9 Å². The van der Waals surface area contributed by atoms with Crippen LogP contribution in [0.25, 0.3) is 10.9 Å². The fourth-order valence-electron chi connectivity index (χ4n) is 1.50. The van der Waals surface area contributed by atoms with E-state index in [0.717, 1.165) is 17.3 Å². The van der Waals surface area contributed by atoms with Crippen LogP contribution >= 0.6 is 11.6 Å². The number of fused-ring (bicyclic) bond motifs is 1. The lowest BCUT2D eigenvalue weighted by atomic mass is 10.2. The molecule has 1 heterocycles. The molecule has 1 aromatic carbocycles. The Hall–Kier alpha value is -1.35. The van der Waals surface area contributed by atoms with Crippen LogP contribution in [0.1, 0.15) is 13.3 Å². The Morgan fingerprint density at radius 1 is 1.38 bits per heavy atom. The number of nitrogens with zero attached hydrogens (tertiary/aromatic N) is 2. The summed E-state index contributed by atoms with van der Waals surface area (Å²) in [6.07, 6.45) is 2.73. The Morgan fingerprint density at radius 3 is 3.00 bits per heavy atom. The third-order valence-corrected chi connectivity index (χ3v) is 2.62. The molecule has 2 rings (SSSR count). The van der Waals surface area contributed by atoms with Gasteiger partial charge < -0.3 is 5.32 Å². The minimum absolute atomic E-state index is 0.290. The van der Waals surface area contributed by atoms with Crippen molar-refractivity contribution < 1.29 is 0 Å². The van der Waals surface area contributed by atoms with E-state index >= 15 is 0 Å². The second-order valence-corrected chi connectivity index (χ2v) is 4.15. The normalized spacial score (nSPS) is 12.6. The average molecular weight is 236 g/mol. The van der Waals surface area contributed by atoms with Gasteiger partial charge in [-0.25, -0.2) is 9.97 Å². The SMILES string of the molecule is CC(CCCl)Nc1ncc2ccccc2n1. The maximum Gasteiger partial charge on any atom is 0.223 e. The number of benzene rings is 1. The molecule has 0 aliphatic carbocycles. The molecule has 0 radical (unpaired) electrons. The van der Waals surface area contributed by atoms with E-state index in [0.29, 0.717) is 17.9 Å². The quantitative estimate of drug-likeness (QED) is 0.828. The van der Waals surface area contributed by atoms with Crippen LogP contribution in [0.3, 0.4) is 0 Å². The van der Waals surface area contributed by atoms with Crippen molar-refractivity contribution in [3.63, 3.8) is 0 Å². The molecule has 0 bridgehead atoms. The highest BCUT2D eigenvalue weighted by Gasteiger charge is 2.03. The molecule has 1 unspecified atom stereocenters. The maximum absolute atomic E-state index is 5.68. The van der Waals surface area contributed by atoms with E-state index in [9.17, 15) is 0 Å². The fourth-order valence-corrected chi connectivity index (χ4v) is 1.83. The molecule has 4 heteroatoms. The van der Waals surface area contributed by atoms with Crippen molar-refractivity contribution in [2.45, 2.75) is 19.4 Å². The summed E-state index contributed by atoms with van der Waals surface area (Å²) in [4.78, 5) is 8.70. The first kappa shape index (κ1) is 11.1. The molecule has 84 valence electrons. The van der Waals surface area contributed by atoms with E-state index in [1.54, 1.807) is 0 Å². The molecule has 0 spiro atoms. The van der Waals surface area contributed by atoms with E-state index in [4.69, 9.17) is 11.6 Å². The topological polar surface area (TPSA) is 37.8 Å². The lowest BCUT2D eigenvalue weighted by Gasteiger charge is -2.12. The summed E-state index contributed by atoms with van der Waals surface area (Å²) < 4.78 is 0. The van der Waals surface area contributed by atoms with Crippen LogP contribution in [0.2, 0.25) is 0 Å². The lowest BCUT2D eigenvalue weighted by Crippen LogP contribution is -2.17. The van der Waals surface area contributed by atoms with Crippen molar-refractivity contribution in [2.75, 3.05) is 11.2 Å². The number of nitrogens with one attached hydrogen (secondary N) is 1. The number of alkyl halides is 1. The average Bonchev–Trinajstić information content (AvgIpc) is 2.29. The van der Waals surface area contributed by atoms with Gasteiger partial charge >= 0.3 is 0 Å². The van der Waals surface area contributed by atoms with Gasteiger partial charge in [0, 0.05) is 23.5 Å². The van der Waals surface area contributed by atoms with Crippen molar-refractivity contribution >= 4 is 28.5 Å². The van der Waals surface area contributed by atoms with Gasteiger partial charge in [0.25, 0.3) is 0 Å². The molecule has 1 N–H and O–H groups in total. The number of rotatable bonds is 4. The summed E-state index contributed by atoms with van der Waals surface area (Å²) in [6, 6.07) is 8.23. The van der Waals surface area contributed by atoms with Gasteiger partial charge in [-0.15, -0.1) is 11.6 Å². The van der Waals surface area contributed by atoms with Crippen LogP contribution in [-0.4, -0.2) is 21.9 Å². The number of para-hydroxylation sites is 1. The van der Waals surface area contributed by atoms with Crippen molar-refractivity contribution in [2.24, 2.45) is 0 Å². The third kappa shape index (κ3) is 2.61. The number of hydrogen-bond donors (Lipinski definition) is 1. The summed E-state index contributed by atoms with van der Waals surface area (Å²) in [5.41, 5.74) is 0.957. The highest BCUT2D eigenvalue weighted by Crippen LogP contribution is 2.12. The number of aromatic nitrogens is 2. The summed E-state index contributed by atoms with van der Waals surface area (Å²) in [6.45, 7) is 2.07. The van der Waals surface area contributed by atoms with Crippen LogP contribution in [0.15, 0.2) is 30.5 Å². The molecule has 2 aromatic rings. The second kappa shape index (κ2) is 5.12. The zero-order chi connectivity index (χ0) is 11.4. The number of anilines is 1. The standard InChI is InChI=1S/C12H14ClN3/c1-9(6-7-13)15-12-14-8-10-4-2-3-5-11(10)16-12/h2-5,8-9H,6-7H2,1H3,(H,14,15,16). The second-order valence-electron chi connectivity index (χ2n) is 3.78. The third-order valence-electron chi connectivity index (χ3n) is 2.41. The van der Waals surface area contributed by atoms with Crippen molar-refractivity contribution in [3.05, 3.63) is 30.5 Å². The zero-order valence-electron chi connectivity index (χ0n) is 9.15. The number of hydrogen-bond acceptors (Lipinski definition) is 3. The van der Waals surface area contributed by atoms with Gasteiger partial charge in [0.2, 0.25) is 5.95 Å². The molecule has 0 saturated carbocycles. The minimum atomic E-state index is 0.290. The van der Waals surface area contributed by atoms with Crippen molar-refractivity contribution in [1.29, 1.82) is 0 Å². The monoisotopic (exact) mass is 235 g/mol. The van der Waals surface area contributed by atoms with Crippen LogP contribution in [0.4, 0.5) is 5.95 Å². The predicted octanol–water partition coefficient (Wildman–Crippen LogP) is 3.06. The Bertz CT molecular complexity index is 473. The first-order chi connectivity index (χ1) is 7.79. The highest BCUT2D eigenvalue weighted by molar-refractivity contribution is 6.17. The Morgan fingerprint density at radius 2 is 2.19 bits per heavy atom. The van der Waals surface area contributed by atoms with Crippen LogP contribution < -0.4 is 5.32 Å². The van der Waals surface area contributed by atoms with Crippen molar-refractivity contribution in [1.82, 2.24) is 9.97 Å². The molecular weight excluding hydrogens is 222 g/mol. The van der Waals surface area contributed by atoms with Crippen LogP contribution in [0, 0.1) is 0 Å². The largest absolute Gasteiger partial charge is 0.352 e. The molecule has 0 saturated heterocycles. The molecule has 0 fully saturated rings. The summed E-state index contributed by atoms with van der Waals surface area (Å²) >= 11 is 5.68. The number of halogens is 1. The van der Waals surface area contributed by atoms with E-state index in [1.165, 1.54) is 0 Å². The van der Waals surface area contributed by atoms with Gasteiger partial charge in [0.15, 0.2) is 0 Å². The predicted molar refractivity (Wildman–Crippen MR) is 68.0 cm³/mol. The highest BCUT2D eigenvalue weighted by atomic mass is 35.5. The van der Waals surface area contributed by atoms with Crippen molar-refractivity contribution in [3.8, 4) is 0 Å². The molecule has 1 atom stereocenters. The fraction of sp³-hybridized carbons (Fsp3) is 0.333. The van der Waals surface area contributed by atoms with Gasteiger partial charge in [-0.2, -0.15) is 0 Å². The van der Waals surface area contributed by atoms with E-state index in [2.05, 4.69) is 22.2 Å². The van der Waals surface area contributed by atoms with Gasteiger partial charge in [-0.05, 0) is 19.4 Å². The van der Waals surface area contributed by atoms with E-state index in [-0.39, 0.29) is 0 Å². The molecule has 0 aliphatic rings. The zero-order valence-corrected chi connectivity index (χ0v) is 9.91. The minimum Gasteiger partial charge on any atom is -0.352 e. The van der Waals surface area contributed by atoms with Gasteiger partial charge in [0.05, 0.1) is 5.52 Å². The Kier molecular flexibility index (Phi) is 3.57. The lowest BCUT2D eigenvalue weighted by molar-refractivity contribution is 0.758. The van der Waals surface area contributed by atoms with Crippen LogP contribution in [0.5, 0.6) is 0 Å². The van der Waals surface area contributed by atoms with E-state index in [1.807, 2.05) is 30.5 Å².